The highest BCUT2D eigenvalue weighted by atomic mass is 32.1. The van der Waals surface area contributed by atoms with Crippen molar-refractivity contribution in [2.24, 2.45) is 0 Å². The zero-order chi connectivity index (χ0) is 17.9. The number of hydrogen-bond donors (Lipinski definition) is 2. The van der Waals surface area contributed by atoms with E-state index in [1.807, 2.05) is 32.9 Å². The molecule has 0 saturated carbocycles. The molecule has 128 valence electrons. The molecule has 0 spiro atoms. The summed E-state index contributed by atoms with van der Waals surface area (Å²) in [6.45, 7) is 6.05. The van der Waals surface area contributed by atoms with E-state index in [1.165, 1.54) is 17.7 Å². The van der Waals surface area contributed by atoms with Gasteiger partial charge >= 0.3 is 6.18 Å². The standard InChI is InChI=1S/C18H19F3N2S/c1-11-4-9-16(12(2)10-11)13(3)22-17(24)23-15-7-5-14(6-8-15)18(19,20)21/h4-10,13H,1-3H3,(H2,22,23,24). The molecule has 0 fully saturated rings. The summed E-state index contributed by atoms with van der Waals surface area (Å²) in [5.74, 6) is 0. The van der Waals surface area contributed by atoms with Gasteiger partial charge in [-0.3, -0.25) is 0 Å². The van der Waals surface area contributed by atoms with Crippen molar-refractivity contribution in [1.82, 2.24) is 5.32 Å². The monoisotopic (exact) mass is 352 g/mol. The van der Waals surface area contributed by atoms with Crippen molar-refractivity contribution in [3.63, 3.8) is 0 Å². The molecule has 2 aromatic rings. The van der Waals surface area contributed by atoms with E-state index < -0.39 is 11.7 Å². The van der Waals surface area contributed by atoms with Crippen LogP contribution in [0.25, 0.3) is 0 Å². The maximum absolute atomic E-state index is 12.5. The zero-order valence-corrected chi connectivity index (χ0v) is 14.5. The van der Waals surface area contributed by atoms with Gasteiger partial charge in [-0.2, -0.15) is 13.2 Å². The first-order chi connectivity index (χ1) is 11.2. The van der Waals surface area contributed by atoms with E-state index in [0.717, 1.165) is 23.3 Å². The quantitative estimate of drug-likeness (QED) is 0.726. The molecule has 2 aromatic carbocycles. The molecule has 0 aliphatic carbocycles. The Bertz CT molecular complexity index is 724. The Morgan fingerprint density at radius 2 is 1.67 bits per heavy atom. The van der Waals surface area contributed by atoms with Gasteiger partial charge in [-0.1, -0.05) is 23.8 Å². The lowest BCUT2D eigenvalue weighted by Crippen LogP contribution is -2.31. The van der Waals surface area contributed by atoms with Crippen LogP contribution in [0, 0.1) is 13.8 Å². The number of rotatable bonds is 3. The predicted molar refractivity (Wildman–Crippen MR) is 95.1 cm³/mol. The number of hydrogen-bond acceptors (Lipinski definition) is 1. The van der Waals surface area contributed by atoms with E-state index in [4.69, 9.17) is 12.2 Å². The van der Waals surface area contributed by atoms with Crippen LogP contribution >= 0.6 is 12.2 Å². The van der Waals surface area contributed by atoms with Gasteiger partial charge in [0.2, 0.25) is 0 Å². The molecular weight excluding hydrogens is 333 g/mol. The molecule has 1 unspecified atom stereocenters. The minimum atomic E-state index is -4.34. The fourth-order valence-corrected chi connectivity index (χ4v) is 2.79. The van der Waals surface area contributed by atoms with Crippen molar-refractivity contribution in [2.75, 3.05) is 5.32 Å². The summed E-state index contributed by atoms with van der Waals surface area (Å²) in [4.78, 5) is 0. The van der Waals surface area contributed by atoms with Crippen molar-refractivity contribution >= 4 is 23.0 Å². The lowest BCUT2D eigenvalue weighted by atomic mass is 10.0. The van der Waals surface area contributed by atoms with Crippen LogP contribution in [0.2, 0.25) is 0 Å². The summed E-state index contributed by atoms with van der Waals surface area (Å²) in [7, 11) is 0. The Balaban J connectivity index is 2.00. The third-order valence-electron chi connectivity index (χ3n) is 3.71. The molecule has 0 amide bonds. The SMILES string of the molecule is Cc1ccc(C(C)NC(=S)Nc2ccc(C(F)(F)F)cc2)c(C)c1. The van der Waals surface area contributed by atoms with Crippen LogP contribution in [0.15, 0.2) is 42.5 Å². The molecule has 6 heteroatoms. The van der Waals surface area contributed by atoms with Gasteiger partial charge in [-0.05, 0) is 68.4 Å². The normalized spacial score (nSPS) is 12.6. The van der Waals surface area contributed by atoms with E-state index in [1.54, 1.807) is 0 Å². The fraction of sp³-hybridized carbons (Fsp3) is 0.278. The van der Waals surface area contributed by atoms with Gasteiger partial charge in [0.1, 0.15) is 0 Å². The van der Waals surface area contributed by atoms with Gasteiger partial charge in [-0.15, -0.1) is 0 Å². The topological polar surface area (TPSA) is 24.1 Å². The van der Waals surface area contributed by atoms with Crippen LogP contribution in [0.5, 0.6) is 0 Å². The number of thiocarbonyl (C=S) groups is 1. The van der Waals surface area contributed by atoms with E-state index in [9.17, 15) is 13.2 Å². The summed E-state index contributed by atoms with van der Waals surface area (Å²) < 4.78 is 37.6. The van der Waals surface area contributed by atoms with Gasteiger partial charge < -0.3 is 10.6 Å². The second-order valence-corrected chi connectivity index (χ2v) is 6.16. The minimum absolute atomic E-state index is 0.0138. The maximum atomic E-state index is 12.5. The Kier molecular flexibility index (Phi) is 5.49. The number of aryl methyl sites for hydroxylation is 2. The van der Waals surface area contributed by atoms with Crippen molar-refractivity contribution in [3.8, 4) is 0 Å². The minimum Gasteiger partial charge on any atom is -0.356 e. The second-order valence-electron chi connectivity index (χ2n) is 5.76. The lowest BCUT2D eigenvalue weighted by molar-refractivity contribution is -0.137. The summed E-state index contributed by atoms with van der Waals surface area (Å²) in [5.41, 5.74) is 3.29. The Morgan fingerprint density at radius 3 is 2.21 bits per heavy atom. The highest BCUT2D eigenvalue weighted by Gasteiger charge is 2.29. The van der Waals surface area contributed by atoms with Crippen LogP contribution < -0.4 is 10.6 Å². The third-order valence-corrected chi connectivity index (χ3v) is 3.93. The van der Waals surface area contributed by atoms with Crippen LogP contribution in [0.1, 0.15) is 35.2 Å². The largest absolute Gasteiger partial charge is 0.416 e. The maximum Gasteiger partial charge on any atom is 0.416 e. The second kappa shape index (κ2) is 7.21. The number of nitrogens with one attached hydrogen (secondary N) is 2. The molecule has 0 bridgehead atoms. The van der Waals surface area contributed by atoms with Crippen LogP contribution in [-0.4, -0.2) is 5.11 Å². The molecule has 2 nitrogen and oxygen atoms in total. The molecule has 2 rings (SSSR count). The molecule has 0 saturated heterocycles. The van der Waals surface area contributed by atoms with E-state index in [-0.39, 0.29) is 6.04 Å². The highest BCUT2D eigenvalue weighted by molar-refractivity contribution is 7.80. The van der Waals surface area contributed by atoms with E-state index in [0.29, 0.717) is 10.8 Å². The number of alkyl halides is 3. The molecule has 0 aliphatic rings. The molecule has 0 radical (unpaired) electrons. The van der Waals surface area contributed by atoms with E-state index >= 15 is 0 Å². The van der Waals surface area contributed by atoms with Gasteiger partial charge in [0.25, 0.3) is 0 Å². The molecule has 24 heavy (non-hydrogen) atoms. The molecule has 2 N–H and O–H groups in total. The Labute approximate surface area is 145 Å². The van der Waals surface area contributed by atoms with E-state index in [2.05, 4.69) is 16.7 Å². The Hall–Kier alpha value is -2.08. The number of anilines is 1. The average molecular weight is 352 g/mol. The first kappa shape index (κ1) is 18.3. The van der Waals surface area contributed by atoms with Crippen molar-refractivity contribution in [1.29, 1.82) is 0 Å². The molecule has 0 aliphatic heterocycles. The van der Waals surface area contributed by atoms with Crippen LogP contribution in [0.3, 0.4) is 0 Å². The predicted octanol–water partition coefficient (Wildman–Crippen LogP) is 5.37. The zero-order valence-electron chi connectivity index (χ0n) is 13.7. The summed E-state index contributed by atoms with van der Waals surface area (Å²) in [6, 6.07) is 10.9. The molecular formula is C18H19F3N2S. The Morgan fingerprint density at radius 1 is 1.04 bits per heavy atom. The van der Waals surface area contributed by atoms with Gasteiger partial charge in [0, 0.05) is 5.69 Å². The summed E-state index contributed by atoms with van der Waals surface area (Å²) >= 11 is 5.24. The van der Waals surface area contributed by atoms with Crippen molar-refractivity contribution in [2.45, 2.75) is 33.0 Å². The molecule has 1 atom stereocenters. The van der Waals surface area contributed by atoms with Crippen LogP contribution in [-0.2, 0) is 6.18 Å². The number of benzene rings is 2. The van der Waals surface area contributed by atoms with Crippen molar-refractivity contribution < 1.29 is 13.2 Å². The molecule has 0 aromatic heterocycles. The summed E-state index contributed by atoms with van der Waals surface area (Å²) in [5, 5.41) is 6.42. The highest BCUT2D eigenvalue weighted by Crippen LogP contribution is 2.29. The van der Waals surface area contributed by atoms with Gasteiger partial charge in [-0.25, -0.2) is 0 Å². The third kappa shape index (κ3) is 4.71. The van der Waals surface area contributed by atoms with Gasteiger partial charge in [0.15, 0.2) is 5.11 Å². The molecule has 0 heterocycles. The smallest absolute Gasteiger partial charge is 0.356 e. The van der Waals surface area contributed by atoms with Crippen molar-refractivity contribution in [3.05, 3.63) is 64.7 Å². The van der Waals surface area contributed by atoms with Crippen LogP contribution in [0.4, 0.5) is 18.9 Å². The first-order valence-electron chi connectivity index (χ1n) is 7.49. The summed E-state index contributed by atoms with van der Waals surface area (Å²) in [6.07, 6.45) is -4.34. The van der Waals surface area contributed by atoms with Gasteiger partial charge in [0.05, 0.1) is 11.6 Å². The lowest BCUT2D eigenvalue weighted by Gasteiger charge is -2.19. The first-order valence-corrected chi connectivity index (χ1v) is 7.89. The fourth-order valence-electron chi connectivity index (χ4n) is 2.50. The average Bonchev–Trinajstić information content (AvgIpc) is 2.46. The number of halogens is 3.